The van der Waals surface area contributed by atoms with Gasteiger partial charge in [0.05, 0.1) is 11.0 Å². The number of nitrogens with two attached hydrogens (primary N) is 1. The average molecular weight is 362 g/mol. The molecule has 0 radical (unpaired) electrons. The highest BCUT2D eigenvalue weighted by Crippen LogP contribution is 2.16. The second-order valence-corrected chi connectivity index (χ2v) is 7.30. The third-order valence-electron chi connectivity index (χ3n) is 3.71. The van der Waals surface area contributed by atoms with Crippen LogP contribution in [-0.2, 0) is 16.6 Å². The van der Waals surface area contributed by atoms with Gasteiger partial charge in [0, 0.05) is 12.1 Å². The summed E-state index contributed by atoms with van der Waals surface area (Å²) in [5.41, 5.74) is 1.27. The number of rotatable bonds is 7. The molecule has 3 N–H and O–H groups in total. The Labute approximate surface area is 148 Å². The molecular weight excluding hydrogens is 340 g/mol. The molecule has 2 aromatic rings. The Morgan fingerprint density at radius 2 is 1.88 bits per heavy atom. The highest BCUT2D eigenvalue weighted by Gasteiger charge is 2.10. The summed E-state index contributed by atoms with van der Waals surface area (Å²) in [7, 11) is -3.71. The number of carbonyl (C=O) groups is 1. The van der Waals surface area contributed by atoms with Gasteiger partial charge in [-0.3, -0.25) is 4.79 Å². The number of primary sulfonamides is 1. The topological polar surface area (TPSA) is 98.5 Å². The number of ether oxygens (including phenoxy) is 1. The molecule has 0 saturated heterocycles. The first-order valence-electron chi connectivity index (χ1n) is 7.96. The average Bonchev–Trinajstić information content (AvgIpc) is 2.59. The minimum atomic E-state index is -3.71. The van der Waals surface area contributed by atoms with Gasteiger partial charge < -0.3 is 10.1 Å². The molecule has 0 heterocycles. The van der Waals surface area contributed by atoms with E-state index in [1.165, 1.54) is 12.1 Å². The van der Waals surface area contributed by atoms with Crippen LogP contribution >= 0.6 is 0 Å². The van der Waals surface area contributed by atoms with E-state index in [0.717, 1.165) is 12.0 Å². The van der Waals surface area contributed by atoms with E-state index in [9.17, 15) is 13.2 Å². The number of carbonyl (C=O) groups excluding carboxylic acids is 1. The smallest absolute Gasteiger partial charge is 0.251 e. The normalized spacial score (nSPS) is 12.4. The summed E-state index contributed by atoms with van der Waals surface area (Å²) in [6, 6.07) is 13.1. The van der Waals surface area contributed by atoms with Gasteiger partial charge >= 0.3 is 0 Å². The molecule has 0 aromatic heterocycles. The third-order valence-corrected chi connectivity index (χ3v) is 4.64. The first kappa shape index (κ1) is 19.0. The number of nitrogens with one attached hydrogen (secondary N) is 1. The van der Waals surface area contributed by atoms with E-state index in [1.54, 1.807) is 30.3 Å². The monoisotopic (exact) mass is 362 g/mol. The van der Waals surface area contributed by atoms with Crippen LogP contribution in [0.15, 0.2) is 53.4 Å². The van der Waals surface area contributed by atoms with Crippen LogP contribution in [0.4, 0.5) is 0 Å². The van der Waals surface area contributed by atoms with Crippen LogP contribution in [0.5, 0.6) is 5.75 Å². The van der Waals surface area contributed by atoms with Gasteiger partial charge in [-0.05, 0) is 49.2 Å². The summed E-state index contributed by atoms with van der Waals surface area (Å²) in [4.78, 5) is 12.3. The van der Waals surface area contributed by atoms with Gasteiger partial charge in [-0.1, -0.05) is 25.1 Å². The summed E-state index contributed by atoms with van der Waals surface area (Å²) in [6.45, 7) is 4.28. The fraction of sp³-hybridized carbons (Fsp3) is 0.278. The molecule has 0 spiro atoms. The molecule has 2 aromatic carbocycles. The lowest BCUT2D eigenvalue weighted by atomic mass is 10.2. The Morgan fingerprint density at radius 3 is 2.48 bits per heavy atom. The van der Waals surface area contributed by atoms with Gasteiger partial charge in [0.2, 0.25) is 10.0 Å². The van der Waals surface area contributed by atoms with Crippen molar-refractivity contribution in [2.24, 2.45) is 5.14 Å². The molecule has 0 aliphatic heterocycles. The lowest BCUT2D eigenvalue weighted by molar-refractivity contribution is 0.0950. The quantitative estimate of drug-likeness (QED) is 0.790. The first-order chi connectivity index (χ1) is 11.8. The number of hydrogen-bond acceptors (Lipinski definition) is 4. The fourth-order valence-corrected chi connectivity index (χ4v) is 2.62. The Kier molecular flexibility index (Phi) is 6.17. The lowest BCUT2D eigenvalue weighted by Crippen LogP contribution is -2.23. The maximum Gasteiger partial charge on any atom is 0.251 e. The molecule has 1 unspecified atom stereocenters. The fourth-order valence-electron chi connectivity index (χ4n) is 2.11. The molecule has 25 heavy (non-hydrogen) atoms. The van der Waals surface area contributed by atoms with Crippen molar-refractivity contribution < 1.29 is 17.9 Å². The predicted octanol–water partition coefficient (Wildman–Crippen LogP) is 2.44. The summed E-state index contributed by atoms with van der Waals surface area (Å²) >= 11 is 0. The molecule has 0 bridgehead atoms. The highest BCUT2D eigenvalue weighted by atomic mass is 32.2. The standard InChI is InChI=1S/C18H22N2O4S/c1-3-13(2)24-16-6-4-5-15(11-16)18(21)20-12-14-7-9-17(10-8-14)25(19,22)23/h4-11,13H,3,12H2,1-2H3,(H,20,21)(H2,19,22,23). The molecule has 0 saturated carbocycles. The van der Waals surface area contributed by atoms with Crippen molar-refractivity contribution in [2.75, 3.05) is 0 Å². The van der Waals surface area contributed by atoms with Gasteiger partial charge in [0.25, 0.3) is 5.91 Å². The van der Waals surface area contributed by atoms with Crippen molar-refractivity contribution in [1.82, 2.24) is 5.32 Å². The molecule has 0 fully saturated rings. The molecular formula is C18H22N2O4S. The van der Waals surface area contributed by atoms with Gasteiger partial charge in [0.1, 0.15) is 5.75 Å². The Morgan fingerprint density at radius 1 is 1.20 bits per heavy atom. The van der Waals surface area contributed by atoms with E-state index in [1.807, 2.05) is 19.9 Å². The zero-order valence-corrected chi connectivity index (χ0v) is 15.0. The Bertz CT molecular complexity index is 832. The van der Waals surface area contributed by atoms with E-state index in [-0.39, 0.29) is 23.5 Å². The molecule has 6 nitrogen and oxygen atoms in total. The second-order valence-electron chi connectivity index (χ2n) is 5.74. The van der Waals surface area contributed by atoms with Crippen LogP contribution in [0.1, 0.15) is 36.2 Å². The Balaban J connectivity index is 1.99. The number of benzene rings is 2. The van der Waals surface area contributed by atoms with E-state index in [2.05, 4.69) is 5.32 Å². The zero-order valence-electron chi connectivity index (χ0n) is 14.2. The van der Waals surface area contributed by atoms with Crippen molar-refractivity contribution in [1.29, 1.82) is 0 Å². The van der Waals surface area contributed by atoms with E-state index in [4.69, 9.17) is 9.88 Å². The first-order valence-corrected chi connectivity index (χ1v) is 9.51. The molecule has 134 valence electrons. The SMILES string of the molecule is CCC(C)Oc1cccc(C(=O)NCc2ccc(S(N)(=O)=O)cc2)c1. The molecule has 1 amide bonds. The zero-order chi connectivity index (χ0) is 18.4. The van der Waals surface area contributed by atoms with Crippen LogP contribution in [0, 0.1) is 0 Å². The lowest BCUT2D eigenvalue weighted by Gasteiger charge is -2.13. The summed E-state index contributed by atoms with van der Waals surface area (Å²) in [5, 5.41) is 7.85. The molecule has 0 aliphatic rings. The Hall–Kier alpha value is -2.38. The third kappa shape index (κ3) is 5.58. The summed E-state index contributed by atoms with van der Waals surface area (Å²) < 4.78 is 28.2. The van der Waals surface area contributed by atoms with Crippen LogP contribution < -0.4 is 15.2 Å². The number of amides is 1. The molecule has 2 rings (SSSR count). The minimum Gasteiger partial charge on any atom is -0.491 e. The maximum atomic E-state index is 12.3. The molecule has 7 heteroatoms. The minimum absolute atomic E-state index is 0.0393. The summed E-state index contributed by atoms with van der Waals surface area (Å²) in [6.07, 6.45) is 0.959. The van der Waals surface area contributed by atoms with Crippen molar-refractivity contribution in [3.05, 3.63) is 59.7 Å². The van der Waals surface area contributed by atoms with Crippen molar-refractivity contribution in [3.63, 3.8) is 0 Å². The van der Waals surface area contributed by atoms with Gasteiger partial charge in [-0.15, -0.1) is 0 Å². The van der Waals surface area contributed by atoms with Gasteiger partial charge in [-0.25, -0.2) is 13.6 Å². The molecule has 1 atom stereocenters. The van der Waals surface area contributed by atoms with Crippen LogP contribution in [0.25, 0.3) is 0 Å². The van der Waals surface area contributed by atoms with E-state index >= 15 is 0 Å². The van der Waals surface area contributed by atoms with Crippen molar-refractivity contribution >= 4 is 15.9 Å². The number of hydrogen-bond donors (Lipinski definition) is 2. The van der Waals surface area contributed by atoms with Crippen LogP contribution in [0.2, 0.25) is 0 Å². The predicted molar refractivity (Wildman–Crippen MR) is 95.8 cm³/mol. The van der Waals surface area contributed by atoms with E-state index < -0.39 is 10.0 Å². The van der Waals surface area contributed by atoms with Crippen molar-refractivity contribution in [2.45, 2.75) is 37.8 Å². The van der Waals surface area contributed by atoms with Gasteiger partial charge in [0.15, 0.2) is 0 Å². The number of sulfonamides is 1. The summed E-state index contributed by atoms with van der Waals surface area (Å²) in [5.74, 6) is 0.421. The second kappa shape index (κ2) is 8.13. The maximum absolute atomic E-state index is 12.3. The van der Waals surface area contributed by atoms with Crippen LogP contribution in [-0.4, -0.2) is 20.4 Å². The van der Waals surface area contributed by atoms with Crippen molar-refractivity contribution in [3.8, 4) is 5.75 Å². The molecule has 0 aliphatic carbocycles. The largest absolute Gasteiger partial charge is 0.491 e. The van der Waals surface area contributed by atoms with E-state index in [0.29, 0.717) is 11.3 Å². The van der Waals surface area contributed by atoms with Crippen LogP contribution in [0.3, 0.4) is 0 Å². The van der Waals surface area contributed by atoms with Gasteiger partial charge in [-0.2, -0.15) is 0 Å². The highest BCUT2D eigenvalue weighted by molar-refractivity contribution is 7.89.